The van der Waals surface area contributed by atoms with Crippen LogP contribution in [0.5, 0.6) is 11.5 Å². The van der Waals surface area contributed by atoms with Crippen molar-refractivity contribution < 1.29 is 19.1 Å². The van der Waals surface area contributed by atoms with E-state index in [0.29, 0.717) is 11.5 Å². The molecule has 0 bridgehead atoms. The van der Waals surface area contributed by atoms with Gasteiger partial charge < -0.3 is 9.47 Å². The van der Waals surface area contributed by atoms with Gasteiger partial charge >= 0.3 is 0 Å². The number of ether oxygens (including phenoxy) is 2. The molecule has 2 aromatic carbocycles. The normalized spacial score (nSPS) is 15.3. The smallest absolute Gasteiger partial charge is 0.293 e. The van der Waals surface area contributed by atoms with Gasteiger partial charge in [0.2, 0.25) is 0 Å². The molecule has 0 N–H and O–H groups in total. The van der Waals surface area contributed by atoms with Crippen molar-refractivity contribution in [1.82, 2.24) is 4.90 Å². The van der Waals surface area contributed by atoms with Crippen LogP contribution >= 0.6 is 27.7 Å². The summed E-state index contributed by atoms with van der Waals surface area (Å²) in [6.45, 7) is 5.13. The lowest BCUT2D eigenvalue weighted by atomic mass is 10.2. The van der Waals surface area contributed by atoms with Gasteiger partial charge in [0.15, 0.2) is 0 Å². The zero-order chi connectivity index (χ0) is 20.8. The Kier molecular flexibility index (Phi) is 7.39. The van der Waals surface area contributed by atoms with Crippen molar-refractivity contribution in [2.75, 3.05) is 19.8 Å². The van der Waals surface area contributed by atoms with Crippen molar-refractivity contribution in [2.24, 2.45) is 0 Å². The van der Waals surface area contributed by atoms with Crippen LogP contribution in [0.2, 0.25) is 0 Å². The molecule has 1 aliphatic heterocycles. The number of carbonyl (C=O) groups excluding carboxylic acids is 2. The van der Waals surface area contributed by atoms with Crippen molar-refractivity contribution in [2.45, 2.75) is 20.3 Å². The Morgan fingerprint density at radius 1 is 1.10 bits per heavy atom. The molecule has 1 fully saturated rings. The summed E-state index contributed by atoms with van der Waals surface area (Å²) in [4.78, 5) is 26.5. The highest BCUT2D eigenvalue weighted by molar-refractivity contribution is 9.10. The lowest BCUT2D eigenvalue weighted by Gasteiger charge is -2.13. The summed E-state index contributed by atoms with van der Waals surface area (Å²) < 4.78 is 12.1. The highest BCUT2D eigenvalue weighted by atomic mass is 79.9. The second-order valence-electron chi connectivity index (χ2n) is 6.54. The number of hydrogen-bond acceptors (Lipinski definition) is 5. The zero-order valence-electron chi connectivity index (χ0n) is 16.3. The SMILES string of the molecule is CCCOc1ccc(/C=C2\SC(=O)N(CCOc3cccc(C)c3)C2=O)cc1Br. The molecule has 0 radical (unpaired) electrons. The fraction of sp³-hybridized carbons (Fsp3) is 0.273. The Bertz CT molecular complexity index is 944. The van der Waals surface area contributed by atoms with Crippen molar-refractivity contribution in [3.8, 4) is 11.5 Å². The molecule has 0 spiro atoms. The van der Waals surface area contributed by atoms with Crippen LogP contribution in [-0.4, -0.2) is 35.8 Å². The zero-order valence-corrected chi connectivity index (χ0v) is 18.7. The molecule has 2 amide bonds. The molecule has 0 aromatic heterocycles. The van der Waals surface area contributed by atoms with Crippen LogP contribution in [0.15, 0.2) is 51.8 Å². The maximum atomic E-state index is 12.6. The first-order chi connectivity index (χ1) is 14.0. The summed E-state index contributed by atoms with van der Waals surface area (Å²) in [5.41, 5.74) is 1.91. The summed E-state index contributed by atoms with van der Waals surface area (Å²) in [6, 6.07) is 13.3. The average Bonchev–Trinajstić information content (AvgIpc) is 2.95. The predicted molar refractivity (Wildman–Crippen MR) is 119 cm³/mol. The van der Waals surface area contributed by atoms with Crippen molar-refractivity contribution in [3.63, 3.8) is 0 Å². The Hall–Kier alpha value is -2.25. The van der Waals surface area contributed by atoms with E-state index in [4.69, 9.17) is 9.47 Å². The third-order valence-corrected chi connectivity index (χ3v) is 5.69. The van der Waals surface area contributed by atoms with Gasteiger partial charge in [-0.25, -0.2) is 0 Å². The van der Waals surface area contributed by atoms with Crippen molar-refractivity contribution in [3.05, 3.63) is 63.0 Å². The van der Waals surface area contributed by atoms with Crippen LogP contribution in [0, 0.1) is 6.92 Å². The molecule has 5 nitrogen and oxygen atoms in total. The third kappa shape index (κ3) is 5.64. The quantitative estimate of drug-likeness (QED) is 0.460. The fourth-order valence-corrected chi connectivity index (χ4v) is 4.12. The fourth-order valence-electron chi connectivity index (χ4n) is 2.74. The van der Waals surface area contributed by atoms with Crippen LogP contribution in [0.25, 0.3) is 6.08 Å². The number of carbonyl (C=O) groups is 2. The number of imide groups is 1. The molecule has 0 saturated carbocycles. The molecule has 0 atom stereocenters. The number of nitrogens with zero attached hydrogens (tertiary/aromatic N) is 1. The van der Waals surface area contributed by atoms with Gasteiger partial charge in [0, 0.05) is 0 Å². The summed E-state index contributed by atoms with van der Waals surface area (Å²) in [5, 5.41) is -0.281. The largest absolute Gasteiger partial charge is 0.492 e. The highest BCUT2D eigenvalue weighted by Crippen LogP contribution is 2.33. The van der Waals surface area contributed by atoms with Crippen molar-refractivity contribution >= 4 is 44.9 Å². The van der Waals surface area contributed by atoms with Crippen LogP contribution in [0.4, 0.5) is 4.79 Å². The maximum Gasteiger partial charge on any atom is 0.293 e. The highest BCUT2D eigenvalue weighted by Gasteiger charge is 2.34. The first-order valence-electron chi connectivity index (χ1n) is 9.35. The van der Waals surface area contributed by atoms with Gasteiger partial charge in [0.1, 0.15) is 18.1 Å². The molecule has 152 valence electrons. The first kappa shape index (κ1) is 21.5. The second kappa shape index (κ2) is 9.98. The number of halogens is 1. The van der Waals surface area contributed by atoms with Crippen molar-refractivity contribution in [1.29, 1.82) is 0 Å². The molecule has 1 aliphatic rings. The molecule has 1 heterocycles. The van der Waals surface area contributed by atoms with Gasteiger partial charge in [0.25, 0.3) is 11.1 Å². The van der Waals surface area contributed by atoms with Gasteiger partial charge in [-0.1, -0.05) is 25.1 Å². The van der Waals surface area contributed by atoms with Gasteiger partial charge in [0.05, 0.1) is 22.5 Å². The molecule has 0 unspecified atom stereocenters. The topological polar surface area (TPSA) is 55.8 Å². The number of rotatable bonds is 8. The summed E-state index contributed by atoms with van der Waals surface area (Å²) in [5.74, 6) is 1.18. The minimum atomic E-state index is -0.296. The Labute approximate surface area is 183 Å². The van der Waals surface area contributed by atoms with Gasteiger partial charge in [-0.2, -0.15) is 0 Å². The average molecular weight is 476 g/mol. The molecule has 2 aromatic rings. The minimum absolute atomic E-state index is 0.212. The van der Waals surface area contributed by atoms with E-state index in [-0.39, 0.29) is 24.3 Å². The molecular weight excluding hydrogens is 454 g/mol. The standard InChI is InChI=1S/C22H22BrNO4S/c1-3-10-28-19-8-7-16(13-18(19)23)14-20-21(25)24(22(26)29-20)9-11-27-17-6-4-5-15(2)12-17/h4-8,12-14H,3,9-11H2,1-2H3/b20-14-. The van der Waals surface area contributed by atoms with Crippen LogP contribution in [-0.2, 0) is 4.79 Å². The number of aryl methyl sites for hydroxylation is 1. The Morgan fingerprint density at radius 3 is 2.66 bits per heavy atom. The van der Waals surface area contributed by atoms with E-state index in [1.165, 1.54) is 4.90 Å². The number of thioether (sulfide) groups is 1. The van der Waals surface area contributed by atoms with E-state index < -0.39 is 0 Å². The lowest BCUT2D eigenvalue weighted by molar-refractivity contribution is -0.123. The van der Waals surface area contributed by atoms with Gasteiger partial charge in [-0.05, 0) is 82.5 Å². The Morgan fingerprint density at radius 2 is 1.93 bits per heavy atom. The number of hydrogen-bond donors (Lipinski definition) is 0. The van der Waals surface area contributed by atoms with E-state index in [0.717, 1.165) is 45.3 Å². The molecule has 29 heavy (non-hydrogen) atoms. The van der Waals surface area contributed by atoms with E-state index in [1.807, 2.05) is 56.3 Å². The monoisotopic (exact) mass is 475 g/mol. The molecular formula is C22H22BrNO4S. The van der Waals surface area contributed by atoms with E-state index in [2.05, 4.69) is 15.9 Å². The summed E-state index contributed by atoms with van der Waals surface area (Å²) in [7, 11) is 0. The van der Waals surface area contributed by atoms with Crippen LogP contribution in [0.3, 0.4) is 0 Å². The van der Waals surface area contributed by atoms with E-state index in [1.54, 1.807) is 6.08 Å². The molecule has 0 aliphatic carbocycles. The lowest BCUT2D eigenvalue weighted by Crippen LogP contribution is -2.32. The molecule has 1 saturated heterocycles. The van der Waals surface area contributed by atoms with E-state index in [9.17, 15) is 9.59 Å². The number of benzene rings is 2. The van der Waals surface area contributed by atoms with Crippen LogP contribution in [0.1, 0.15) is 24.5 Å². The van der Waals surface area contributed by atoms with Crippen LogP contribution < -0.4 is 9.47 Å². The predicted octanol–water partition coefficient (Wildman–Crippen LogP) is 5.66. The first-order valence-corrected chi connectivity index (χ1v) is 11.0. The Balaban J connectivity index is 1.62. The number of amides is 2. The van der Waals surface area contributed by atoms with E-state index >= 15 is 0 Å². The summed E-state index contributed by atoms with van der Waals surface area (Å²) >= 11 is 4.43. The second-order valence-corrected chi connectivity index (χ2v) is 8.38. The summed E-state index contributed by atoms with van der Waals surface area (Å²) in [6.07, 6.45) is 2.65. The van der Waals surface area contributed by atoms with Gasteiger partial charge in [-0.15, -0.1) is 0 Å². The molecule has 3 rings (SSSR count). The third-order valence-electron chi connectivity index (χ3n) is 4.16. The molecule has 7 heteroatoms. The minimum Gasteiger partial charge on any atom is -0.492 e. The maximum absolute atomic E-state index is 12.6. The van der Waals surface area contributed by atoms with Gasteiger partial charge in [-0.3, -0.25) is 14.5 Å².